The van der Waals surface area contributed by atoms with Crippen molar-refractivity contribution in [2.45, 2.75) is 13.1 Å². The van der Waals surface area contributed by atoms with Crippen molar-refractivity contribution in [3.63, 3.8) is 0 Å². The fourth-order valence-corrected chi connectivity index (χ4v) is 5.41. The molecule has 5 aromatic heterocycles. The molecule has 5 rings (SSSR count). The number of ketones is 1. The molecule has 10 nitrogen and oxygen atoms in total. The van der Waals surface area contributed by atoms with Crippen molar-refractivity contribution >= 4 is 67.9 Å². The van der Waals surface area contributed by atoms with E-state index in [9.17, 15) is 14.4 Å². The first-order chi connectivity index (χ1) is 17.4. The fourth-order valence-electron chi connectivity index (χ4n) is 3.31. The number of aromatic nitrogens is 5. The first kappa shape index (κ1) is 24.3. The highest BCUT2D eigenvalue weighted by Gasteiger charge is 2.21. The van der Waals surface area contributed by atoms with Gasteiger partial charge in [-0.05, 0) is 45.7 Å². The topological polar surface area (TPSA) is 125 Å². The Bertz CT molecular complexity index is 1610. The summed E-state index contributed by atoms with van der Waals surface area (Å²) >= 11 is 11.9. The lowest BCUT2D eigenvalue weighted by atomic mass is 10.2. The molecular formula is C22H14BrClN6O4S2. The molecule has 0 saturated heterocycles. The molecule has 0 aliphatic heterocycles. The van der Waals surface area contributed by atoms with Crippen LogP contribution < -0.4 is 10.9 Å². The lowest BCUT2D eigenvalue weighted by Gasteiger charge is -2.07. The molecular weight excluding hydrogens is 592 g/mol. The van der Waals surface area contributed by atoms with Gasteiger partial charge in [0.1, 0.15) is 5.82 Å². The second-order valence-corrected chi connectivity index (χ2v) is 10.6. The van der Waals surface area contributed by atoms with E-state index in [0.29, 0.717) is 33.5 Å². The Morgan fingerprint density at radius 2 is 2.08 bits per heavy atom. The van der Waals surface area contributed by atoms with Crippen molar-refractivity contribution < 1.29 is 14.1 Å². The van der Waals surface area contributed by atoms with Gasteiger partial charge in [-0.2, -0.15) is 9.78 Å². The number of thiophene rings is 1. The van der Waals surface area contributed by atoms with E-state index in [1.807, 2.05) is 6.07 Å². The maximum atomic E-state index is 13.1. The summed E-state index contributed by atoms with van der Waals surface area (Å²) in [5, 5.41) is 12.8. The van der Waals surface area contributed by atoms with Crippen LogP contribution in [0.5, 0.6) is 0 Å². The van der Waals surface area contributed by atoms with Crippen LogP contribution in [0.25, 0.3) is 11.3 Å². The second kappa shape index (κ2) is 10.3. The predicted molar refractivity (Wildman–Crippen MR) is 139 cm³/mol. The number of hydrogen-bond acceptors (Lipinski definition) is 10. The second-order valence-electron chi connectivity index (χ2n) is 7.38. The fraction of sp³-hybridized carbons (Fsp3) is 0.0909. The number of halogens is 2. The molecule has 0 unspecified atom stereocenters. The number of pyridine rings is 1. The van der Waals surface area contributed by atoms with E-state index in [4.69, 9.17) is 16.1 Å². The minimum atomic E-state index is -0.439. The molecule has 14 heteroatoms. The van der Waals surface area contributed by atoms with Crippen LogP contribution in [0.1, 0.15) is 25.8 Å². The van der Waals surface area contributed by atoms with Crippen LogP contribution in [-0.2, 0) is 13.1 Å². The number of carbonyl (C=O) groups is 2. The van der Waals surface area contributed by atoms with Gasteiger partial charge < -0.3 is 14.4 Å². The molecule has 1 N–H and O–H groups in total. The molecule has 0 bridgehead atoms. The Labute approximate surface area is 224 Å². The number of rotatable bonds is 8. The Kier molecular flexibility index (Phi) is 6.96. The van der Waals surface area contributed by atoms with Crippen LogP contribution >= 0.6 is 50.4 Å². The summed E-state index contributed by atoms with van der Waals surface area (Å²) in [5.74, 6) is -0.273. The van der Waals surface area contributed by atoms with E-state index in [0.717, 1.165) is 16.4 Å². The van der Waals surface area contributed by atoms with E-state index in [2.05, 4.69) is 35.9 Å². The molecule has 5 heterocycles. The third kappa shape index (κ3) is 4.95. The lowest BCUT2D eigenvalue weighted by Crippen LogP contribution is -2.24. The lowest BCUT2D eigenvalue weighted by molar-refractivity contribution is 0.0931. The molecule has 0 spiro atoms. The largest absolute Gasteiger partial charge is 0.365 e. The number of carbonyl (C=O) groups excluding carboxylic acids is 2. The summed E-state index contributed by atoms with van der Waals surface area (Å²) in [5.41, 5.74) is 0.791. The van der Waals surface area contributed by atoms with Crippen LogP contribution in [0.4, 0.5) is 5.82 Å². The van der Waals surface area contributed by atoms with Gasteiger partial charge in [0.2, 0.25) is 11.5 Å². The van der Waals surface area contributed by atoms with Gasteiger partial charge >= 0.3 is 0 Å². The van der Waals surface area contributed by atoms with Gasteiger partial charge in [-0.3, -0.25) is 14.4 Å². The summed E-state index contributed by atoms with van der Waals surface area (Å²) in [4.78, 5) is 39.4. The number of nitrogens with one attached hydrogen (secondary N) is 1. The molecule has 0 saturated carbocycles. The summed E-state index contributed by atoms with van der Waals surface area (Å²) in [6.45, 7) is 0.200. The van der Waals surface area contributed by atoms with Crippen molar-refractivity contribution in [2.24, 2.45) is 0 Å². The molecule has 0 atom stereocenters. The van der Waals surface area contributed by atoms with Gasteiger partial charge in [-0.1, -0.05) is 16.8 Å². The zero-order valence-electron chi connectivity index (χ0n) is 18.1. The van der Waals surface area contributed by atoms with E-state index < -0.39 is 11.3 Å². The number of nitrogens with zero attached hydrogens (tertiary/aromatic N) is 5. The summed E-state index contributed by atoms with van der Waals surface area (Å²) < 4.78 is 12.2. The van der Waals surface area contributed by atoms with Crippen molar-refractivity contribution in [3.8, 4) is 11.3 Å². The average Bonchev–Trinajstić information content (AvgIpc) is 3.67. The number of hydrogen-bond donors (Lipinski definition) is 1. The standard InChI is InChI=1S/C22H14BrClN6O4S2/c23-20-14(4-6-29(22(20)33)10-16(31)17-3-5-26-34-17)15-7-19(25-9-13-1-2-18(24)36-13)30(28-15)21(32)12-8-27-35-11-12/h1-8,11,25H,9-10H2. The molecule has 0 fully saturated rings. The monoisotopic (exact) mass is 604 g/mol. The number of anilines is 1. The van der Waals surface area contributed by atoms with Crippen molar-refractivity contribution in [3.05, 3.63) is 89.7 Å². The highest BCUT2D eigenvalue weighted by Crippen LogP contribution is 2.29. The van der Waals surface area contributed by atoms with Gasteiger partial charge in [-0.15, -0.1) is 11.3 Å². The summed E-state index contributed by atoms with van der Waals surface area (Å²) in [7, 11) is 0. The average molecular weight is 606 g/mol. The van der Waals surface area contributed by atoms with Crippen LogP contribution in [-0.4, -0.2) is 35.6 Å². The van der Waals surface area contributed by atoms with E-state index >= 15 is 0 Å². The maximum absolute atomic E-state index is 13.1. The molecule has 0 aromatic carbocycles. The molecule has 0 radical (unpaired) electrons. The van der Waals surface area contributed by atoms with Gasteiger partial charge in [0.25, 0.3) is 11.5 Å². The Hall–Kier alpha value is -3.39. The van der Waals surface area contributed by atoms with Crippen molar-refractivity contribution in [1.82, 2.24) is 23.9 Å². The molecule has 36 heavy (non-hydrogen) atoms. The highest BCUT2D eigenvalue weighted by molar-refractivity contribution is 9.10. The van der Waals surface area contributed by atoms with Crippen molar-refractivity contribution in [1.29, 1.82) is 0 Å². The zero-order valence-corrected chi connectivity index (χ0v) is 22.0. The van der Waals surface area contributed by atoms with E-state index in [1.165, 1.54) is 45.2 Å². The van der Waals surface area contributed by atoms with E-state index in [1.54, 1.807) is 23.6 Å². The SMILES string of the molecule is O=C(Cn1ccc(-c2cc(NCc3ccc(Cl)s3)n(C(=O)c3cnsc3)n2)c(Br)c1=O)c1ccno1. The minimum Gasteiger partial charge on any atom is -0.365 e. The molecule has 5 aromatic rings. The smallest absolute Gasteiger partial charge is 0.282 e. The van der Waals surface area contributed by atoms with Gasteiger partial charge in [0.15, 0.2) is 0 Å². The minimum absolute atomic E-state index is 0.0602. The van der Waals surface area contributed by atoms with Crippen LogP contribution in [0.3, 0.4) is 0 Å². The zero-order chi connectivity index (χ0) is 25.2. The van der Waals surface area contributed by atoms with Crippen molar-refractivity contribution in [2.75, 3.05) is 5.32 Å². The Morgan fingerprint density at radius 1 is 1.22 bits per heavy atom. The number of Topliss-reactive ketones (excluding diaryl/α,β-unsaturated/α-hetero) is 1. The predicted octanol–water partition coefficient (Wildman–Crippen LogP) is 4.82. The molecule has 0 aliphatic rings. The van der Waals surface area contributed by atoms with Gasteiger partial charge in [-0.25, -0.2) is 4.37 Å². The normalized spacial score (nSPS) is 11.1. The molecule has 182 valence electrons. The molecule has 0 aliphatic carbocycles. The first-order valence-corrected chi connectivity index (χ1v) is 13.1. The molecule has 0 amide bonds. The van der Waals surface area contributed by atoms with E-state index in [-0.39, 0.29) is 22.7 Å². The van der Waals surface area contributed by atoms with Crippen LogP contribution in [0.15, 0.2) is 68.1 Å². The highest BCUT2D eigenvalue weighted by atomic mass is 79.9. The Morgan fingerprint density at radius 3 is 2.78 bits per heavy atom. The quantitative estimate of drug-likeness (QED) is 0.250. The third-order valence-corrected chi connectivity index (χ3v) is 7.65. The maximum Gasteiger partial charge on any atom is 0.282 e. The van der Waals surface area contributed by atoms with Gasteiger partial charge in [0.05, 0.1) is 45.5 Å². The van der Waals surface area contributed by atoms with Crippen LogP contribution in [0, 0.1) is 0 Å². The first-order valence-electron chi connectivity index (χ1n) is 10.3. The van der Waals surface area contributed by atoms with Gasteiger partial charge in [0, 0.05) is 34.2 Å². The van der Waals surface area contributed by atoms with Crippen LogP contribution in [0.2, 0.25) is 4.34 Å². The summed E-state index contributed by atoms with van der Waals surface area (Å²) in [6, 6.07) is 8.44. The summed E-state index contributed by atoms with van der Waals surface area (Å²) in [6.07, 6.45) is 4.32. The Balaban J connectivity index is 1.47. The third-order valence-electron chi connectivity index (χ3n) is 5.06.